The molecule has 3 atom stereocenters. The van der Waals surface area contributed by atoms with Crippen molar-refractivity contribution in [2.24, 2.45) is 0 Å². The van der Waals surface area contributed by atoms with Crippen LogP contribution in [0.25, 0.3) is 0 Å². The maximum atomic E-state index is 14.8. The Hall–Kier alpha value is -0.0231. The standard InChI is InChI=1S/C14H26BrFO5Si/c1-12(2,3)22(6,7)21-10(14(15,16)11(17)18)9-8-19-13(4,5)20-9/h9-10H,8H2,1-7H3,(H,17,18)/t9-,10-,14-/m1/s1. The van der Waals surface area contributed by atoms with E-state index < -0.39 is 36.9 Å². The summed E-state index contributed by atoms with van der Waals surface area (Å²) in [5.74, 6) is -2.52. The Morgan fingerprint density at radius 3 is 2.27 bits per heavy atom. The summed E-state index contributed by atoms with van der Waals surface area (Å²) >= 11 is 2.68. The van der Waals surface area contributed by atoms with E-state index in [-0.39, 0.29) is 11.6 Å². The van der Waals surface area contributed by atoms with Crippen molar-refractivity contribution in [2.75, 3.05) is 6.61 Å². The van der Waals surface area contributed by atoms with E-state index in [0.29, 0.717) is 0 Å². The van der Waals surface area contributed by atoms with Gasteiger partial charge in [0.2, 0.25) is 0 Å². The van der Waals surface area contributed by atoms with Gasteiger partial charge in [-0.25, -0.2) is 9.18 Å². The van der Waals surface area contributed by atoms with Gasteiger partial charge in [-0.1, -0.05) is 20.8 Å². The largest absolute Gasteiger partial charge is 0.478 e. The number of hydrogen-bond donors (Lipinski definition) is 1. The number of carboxylic acids is 1. The maximum absolute atomic E-state index is 14.8. The van der Waals surface area contributed by atoms with Crippen LogP contribution in [0.5, 0.6) is 0 Å². The molecule has 1 saturated heterocycles. The van der Waals surface area contributed by atoms with Crippen molar-refractivity contribution in [3.8, 4) is 0 Å². The number of rotatable bonds is 5. The van der Waals surface area contributed by atoms with Gasteiger partial charge in [-0.05, 0) is 47.9 Å². The van der Waals surface area contributed by atoms with Gasteiger partial charge >= 0.3 is 5.97 Å². The Kier molecular flexibility index (Phi) is 5.57. The van der Waals surface area contributed by atoms with Crippen LogP contribution in [-0.2, 0) is 18.7 Å². The molecular formula is C14H26BrFO5Si. The van der Waals surface area contributed by atoms with E-state index in [4.69, 9.17) is 13.9 Å². The predicted molar refractivity (Wildman–Crippen MR) is 87.4 cm³/mol. The molecule has 0 bridgehead atoms. The highest BCUT2D eigenvalue weighted by molar-refractivity contribution is 9.10. The van der Waals surface area contributed by atoms with Crippen LogP contribution in [0.2, 0.25) is 18.1 Å². The van der Waals surface area contributed by atoms with E-state index >= 15 is 0 Å². The van der Waals surface area contributed by atoms with Crippen molar-refractivity contribution in [2.45, 2.75) is 75.3 Å². The summed E-state index contributed by atoms with van der Waals surface area (Å²) in [7, 11) is -2.41. The van der Waals surface area contributed by atoms with Crippen molar-refractivity contribution in [1.82, 2.24) is 0 Å². The van der Waals surface area contributed by atoms with Gasteiger partial charge in [0, 0.05) is 0 Å². The Morgan fingerprint density at radius 1 is 1.45 bits per heavy atom. The van der Waals surface area contributed by atoms with Crippen LogP contribution in [0.4, 0.5) is 4.39 Å². The van der Waals surface area contributed by atoms with Crippen molar-refractivity contribution >= 4 is 30.2 Å². The lowest BCUT2D eigenvalue weighted by molar-refractivity contribution is -0.168. The molecule has 0 aromatic carbocycles. The Balaban J connectivity index is 3.12. The normalized spacial score (nSPS) is 26.5. The first-order valence-electron chi connectivity index (χ1n) is 7.21. The number of hydrogen-bond acceptors (Lipinski definition) is 4. The molecule has 1 N–H and O–H groups in total. The SMILES string of the molecule is CC1(C)OC[C@H]([C@@H](O[Si](C)(C)C(C)(C)C)[C@](F)(Br)C(=O)O)O1. The van der Waals surface area contributed by atoms with E-state index in [2.05, 4.69) is 15.9 Å². The number of halogens is 2. The zero-order chi connectivity index (χ0) is 17.6. The number of ether oxygens (including phenoxy) is 2. The van der Waals surface area contributed by atoms with E-state index in [1.54, 1.807) is 13.8 Å². The summed E-state index contributed by atoms with van der Waals surface area (Å²) in [5.41, 5.74) is 0. The molecular weight excluding hydrogens is 375 g/mol. The molecule has 5 nitrogen and oxygen atoms in total. The fourth-order valence-corrected chi connectivity index (χ4v) is 3.73. The second-order valence-electron chi connectivity index (χ2n) is 7.59. The lowest BCUT2D eigenvalue weighted by Crippen LogP contribution is -2.56. The van der Waals surface area contributed by atoms with Crippen LogP contribution in [0.15, 0.2) is 0 Å². The van der Waals surface area contributed by atoms with Crippen molar-refractivity contribution < 1.29 is 28.2 Å². The highest BCUT2D eigenvalue weighted by Crippen LogP contribution is 2.43. The van der Waals surface area contributed by atoms with Crippen molar-refractivity contribution in [3.05, 3.63) is 0 Å². The minimum atomic E-state index is -2.74. The average molecular weight is 401 g/mol. The summed E-state index contributed by atoms with van der Waals surface area (Å²) in [6, 6.07) is 0. The molecule has 0 aromatic heterocycles. The molecule has 22 heavy (non-hydrogen) atoms. The first kappa shape index (κ1) is 20.0. The molecule has 0 spiro atoms. The van der Waals surface area contributed by atoms with Gasteiger partial charge in [0.1, 0.15) is 12.2 Å². The number of aliphatic carboxylic acids is 1. The first-order chi connectivity index (χ1) is 9.60. The molecule has 1 aliphatic rings. The molecule has 0 aromatic rings. The van der Waals surface area contributed by atoms with Gasteiger partial charge in [0.15, 0.2) is 14.1 Å². The van der Waals surface area contributed by atoms with E-state index in [1.807, 2.05) is 33.9 Å². The third kappa shape index (κ3) is 4.28. The second kappa shape index (κ2) is 6.12. The topological polar surface area (TPSA) is 65.0 Å². The Bertz CT molecular complexity index is 433. The Labute approximate surface area is 140 Å². The predicted octanol–water partition coefficient (Wildman–Crippen LogP) is 3.67. The summed E-state index contributed by atoms with van der Waals surface area (Å²) < 4.78 is 29.2. The summed E-state index contributed by atoms with van der Waals surface area (Å²) in [4.78, 5) is 11.3. The first-order valence-corrected chi connectivity index (χ1v) is 10.9. The van der Waals surface area contributed by atoms with Gasteiger partial charge in [-0.3, -0.25) is 0 Å². The van der Waals surface area contributed by atoms with E-state index in [9.17, 15) is 14.3 Å². The highest BCUT2D eigenvalue weighted by atomic mass is 79.9. The number of carbonyl (C=O) groups is 1. The third-order valence-electron chi connectivity index (χ3n) is 4.24. The van der Waals surface area contributed by atoms with Crippen LogP contribution in [0, 0.1) is 0 Å². The fourth-order valence-electron chi connectivity index (χ4n) is 1.86. The van der Waals surface area contributed by atoms with Gasteiger partial charge < -0.3 is 19.0 Å². The average Bonchev–Trinajstić information content (AvgIpc) is 2.64. The lowest BCUT2D eigenvalue weighted by atomic mass is 10.1. The molecule has 0 unspecified atom stereocenters. The number of carboxylic acid groups (broad SMARTS) is 1. The molecule has 8 heteroatoms. The van der Waals surface area contributed by atoms with Crippen molar-refractivity contribution in [1.29, 1.82) is 0 Å². The summed E-state index contributed by atoms with van der Waals surface area (Å²) in [6.45, 7) is 13.4. The molecule has 0 saturated carbocycles. The second-order valence-corrected chi connectivity index (χ2v) is 13.5. The maximum Gasteiger partial charge on any atom is 0.355 e. The zero-order valence-electron chi connectivity index (χ0n) is 14.2. The molecule has 0 aliphatic carbocycles. The van der Waals surface area contributed by atoms with Crippen molar-refractivity contribution in [3.63, 3.8) is 0 Å². The third-order valence-corrected chi connectivity index (χ3v) is 9.48. The van der Waals surface area contributed by atoms with E-state index in [0.717, 1.165) is 0 Å². The molecule has 1 fully saturated rings. The quantitative estimate of drug-likeness (QED) is 0.563. The fraction of sp³-hybridized carbons (Fsp3) is 0.929. The van der Waals surface area contributed by atoms with Gasteiger partial charge in [0.05, 0.1) is 6.61 Å². The minimum absolute atomic E-state index is 0.0802. The molecule has 0 amide bonds. The van der Waals surface area contributed by atoms with Crippen LogP contribution < -0.4 is 0 Å². The zero-order valence-corrected chi connectivity index (χ0v) is 16.8. The van der Waals surface area contributed by atoms with Crippen LogP contribution in [0.1, 0.15) is 34.6 Å². The van der Waals surface area contributed by atoms with Gasteiger partial charge in [0.25, 0.3) is 4.58 Å². The molecule has 130 valence electrons. The molecule has 1 heterocycles. The summed E-state index contributed by atoms with van der Waals surface area (Å²) in [5, 5.41) is 9.03. The van der Waals surface area contributed by atoms with Gasteiger partial charge in [-0.2, -0.15) is 0 Å². The smallest absolute Gasteiger partial charge is 0.355 e. The van der Waals surface area contributed by atoms with Crippen LogP contribution in [0.3, 0.4) is 0 Å². The molecule has 1 aliphatic heterocycles. The highest BCUT2D eigenvalue weighted by Gasteiger charge is 2.56. The van der Waals surface area contributed by atoms with Crippen LogP contribution >= 0.6 is 15.9 Å². The molecule has 1 rings (SSSR count). The minimum Gasteiger partial charge on any atom is -0.478 e. The van der Waals surface area contributed by atoms with Crippen LogP contribution in [-0.4, -0.2) is 48.6 Å². The van der Waals surface area contributed by atoms with Gasteiger partial charge in [-0.15, -0.1) is 0 Å². The van der Waals surface area contributed by atoms with E-state index in [1.165, 1.54) is 0 Å². The number of alkyl halides is 2. The Morgan fingerprint density at radius 2 is 1.95 bits per heavy atom. The lowest BCUT2D eigenvalue weighted by Gasteiger charge is -2.42. The summed E-state index contributed by atoms with van der Waals surface area (Å²) in [6.07, 6.45) is -2.10. The molecule has 0 radical (unpaired) electrons. The monoisotopic (exact) mass is 400 g/mol.